The molecule has 1 N–H and O–H groups in total. The Labute approximate surface area is 120 Å². The van der Waals surface area contributed by atoms with Gasteiger partial charge in [0.2, 0.25) is 0 Å². The highest BCUT2D eigenvalue weighted by Gasteiger charge is 2.35. The number of hydrogen-bond donors (Lipinski definition) is 1. The Balaban J connectivity index is 2.33. The van der Waals surface area contributed by atoms with E-state index in [-0.39, 0.29) is 5.41 Å². The SMILES string of the molecule is CC(C)NCC1(c2ccc(F)cc2F)CCCCCC1. The lowest BCUT2D eigenvalue weighted by Crippen LogP contribution is -2.41. The maximum Gasteiger partial charge on any atom is 0.129 e. The van der Waals surface area contributed by atoms with Crippen LogP contribution in [-0.4, -0.2) is 12.6 Å². The lowest BCUT2D eigenvalue weighted by molar-refractivity contribution is 0.323. The molecule has 1 aliphatic carbocycles. The highest BCUT2D eigenvalue weighted by atomic mass is 19.1. The van der Waals surface area contributed by atoms with Crippen LogP contribution in [-0.2, 0) is 5.41 Å². The Bertz CT molecular complexity index is 435. The molecule has 1 aromatic carbocycles. The quantitative estimate of drug-likeness (QED) is 0.798. The van der Waals surface area contributed by atoms with E-state index in [1.165, 1.54) is 18.9 Å². The number of halogens is 2. The van der Waals surface area contributed by atoms with Crippen LogP contribution < -0.4 is 5.32 Å². The van der Waals surface area contributed by atoms with Gasteiger partial charge in [-0.15, -0.1) is 0 Å². The predicted molar refractivity (Wildman–Crippen MR) is 78.9 cm³/mol. The van der Waals surface area contributed by atoms with E-state index in [2.05, 4.69) is 19.2 Å². The van der Waals surface area contributed by atoms with Crippen molar-refractivity contribution in [2.24, 2.45) is 0 Å². The van der Waals surface area contributed by atoms with Crippen LogP contribution in [0.3, 0.4) is 0 Å². The zero-order chi connectivity index (χ0) is 14.6. The number of rotatable bonds is 4. The second-order valence-electron chi connectivity index (χ2n) is 6.35. The topological polar surface area (TPSA) is 12.0 Å². The third kappa shape index (κ3) is 3.57. The number of benzene rings is 1. The van der Waals surface area contributed by atoms with Gasteiger partial charge in [-0.3, -0.25) is 0 Å². The van der Waals surface area contributed by atoms with Gasteiger partial charge in [0.1, 0.15) is 11.6 Å². The summed E-state index contributed by atoms with van der Waals surface area (Å²) < 4.78 is 27.4. The molecule has 0 heterocycles. The van der Waals surface area contributed by atoms with E-state index in [0.29, 0.717) is 11.6 Å². The van der Waals surface area contributed by atoms with Crippen LogP contribution in [0.4, 0.5) is 8.78 Å². The third-order valence-corrected chi connectivity index (χ3v) is 4.41. The van der Waals surface area contributed by atoms with Crippen molar-refractivity contribution in [1.29, 1.82) is 0 Å². The molecule has 1 nitrogen and oxygen atoms in total. The second kappa shape index (κ2) is 6.66. The Kier molecular flexibility index (Phi) is 5.14. The van der Waals surface area contributed by atoms with Crippen LogP contribution >= 0.6 is 0 Å². The van der Waals surface area contributed by atoms with E-state index in [9.17, 15) is 8.78 Å². The fourth-order valence-corrected chi connectivity index (χ4v) is 3.27. The van der Waals surface area contributed by atoms with Gasteiger partial charge >= 0.3 is 0 Å². The van der Waals surface area contributed by atoms with Crippen LogP contribution in [0.25, 0.3) is 0 Å². The van der Waals surface area contributed by atoms with Crippen LogP contribution in [0, 0.1) is 11.6 Å². The molecular formula is C17H25F2N. The highest BCUT2D eigenvalue weighted by Crippen LogP contribution is 2.39. The van der Waals surface area contributed by atoms with Crippen molar-refractivity contribution in [1.82, 2.24) is 5.32 Å². The molecule has 0 bridgehead atoms. The van der Waals surface area contributed by atoms with Crippen molar-refractivity contribution >= 4 is 0 Å². The molecule has 0 amide bonds. The molecule has 20 heavy (non-hydrogen) atoms. The molecule has 0 saturated heterocycles. The molecule has 0 atom stereocenters. The van der Waals surface area contributed by atoms with E-state index in [1.807, 2.05) is 0 Å². The van der Waals surface area contributed by atoms with Gasteiger partial charge in [-0.25, -0.2) is 8.78 Å². The molecule has 3 heteroatoms. The molecule has 1 aromatic rings. The van der Waals surface area contributed by atoms with Gasteiger partial charge in [-0.2, -0.15) is 0 Å². The molecule has 0 radical (unpaired) electrons. The zero-order valence-electron chi connectivity index (χ0n) is 12.5. The van der Waals surface area contributed by atoms with Crippen LogP contribution in [0.5, 0.6) is 0 Å². The Morgan fingerprint density at radius 2 is 1.75 bits per heavy atom. The monoisotopic (exact) mass is 281 g/mol. The zero-order valence-corrected chi connectivity index (χ0v) is 12.5. The molecule has 2 rings (SSSR count). The van der Waals surface area contributed by atoms with Gasteiger partial charge in [-0.1, -0.05) is 45.6 Å². The Hall–Kier alpha value is -0.960. The van der Waals surface area contributed by atoms with Crippen molar-refractivity contribution in [3.63, 3.8) is 0 Å². The fraction of sp³-hybridized carbons (Fsp3) is 0.647. The number of nitrogens with one attached hydrogen (secondary N) is 1. The van der Waals surface area contributed by atoms with Gasteiger partial charge in [0.25, 0.3) is 0 Å². The van der Waals surface area contributed by atoms with Gasteiger partial charge in [0.05, 0.1) is 0 Å². The van der Waals surface area contributed by atoms with Crippen LogP contribution in [0.15, 0.2) is 18.2 Å². The predicted octanol–water partition coefficient (Wildman–Crippen LogP) is 4.55. The van der Waals surface area contributed by atoms with Crippen LogP contribution in [0.2, 0.25) is 0 Å². The average Bonchev–Trinajstić information content (AvgIpc) is 2.63. The average molecular weight is 281 g/mol. The summed E-state index contributed by atoms with van der Waals surface area (Å²) in [6.45, 7) is 4.98. The first-order valence-corrected chi connectivity index (χ1v) is 7.72. The maximum absolute atomic E-state index is 14.3. The molecule has 1 saturated carbocycles. The van der Waals surface area contributed by atoms with E-state index in [1.54, 1.807) is 6.07 Å². The molecule has 1 aliphatic rings. The van der Waals surface area contributed by atoms with Gasteiger partial charge in [-0.05, 0) is 24.5 Å². The van der Waals surface area contributed by atoms with Crippen LogP contribution in [0.1, 0.15) is 57.9 Å². The summed E-state index contributed by atoms with van der Waals surface area (Å²) in [5.41, 5.74) is 0.507. The van der Waals surface area contributed by atoms with Crippen molar-refractivity contribution in [2.75, 3.05) is 6.54 Å². The minimum Gasteiger partial charge on any atom is -0.314 e. The molecule has 0 spiro atoms. The molecular weight excluding hydrogens is 256 g/mol. The van der Waals surface area contributed by atoms with E-state index in [0.717, 1.165) is 38.3 Å². The van der Waals surface area contributed by atoms with Crippen molar-refractivity contribution in [3.05, 3.63) is 35.4 Å². The fourth-order valence-electron chi connectivity index (χ4n) is 3.27. The summed E-state index contributed by atoms with van der Waals surface area (Å²) in [5.74, 6) is -0.885. The van der Waals surface area contributed by atoms with Gasteiger partial charge in [0.15, 0.2) is 0 Å². The summed E-state index contributed by atoms with van der Waals surface area (Å²) in [6.07, 6.45) is 6.64. The molecule has 1 fully saturated rings. The molecule has 112 valence electrons. The van der Waals surface area contributed by atoms with E-state index in [4.69, 9.17) is 0 Å². The second-order valence-corrected chi connectivity index (χ2v) is 6.35. The summed E-state index contributed by atoms with van der Waals surface area (Å²) in [6, 6.07) is 4.44. The minimum atomic E-state index is -0.494. The molecule has 0 unspecified atom stereocenters. The minimum absolute atomic E-state index is 0.182. The van der Waals surface area contributed by atoms with Crippen molar-refractivity contribution < 1.29 is 8.78 Å². The molecule has 0 aliphatic heterocycles. The third-order valence-electron chi connectivity index (χ3n) is 4.41. The number of hydrogen-bond acceptors (Lipinski definition) is 1. The molecule has 0 aromatic heterocycles. The van der Waals surface area contributed by atoms with Crippen molar-refractivity contribution in [2.45, 2.75) is 63.8 Å². The normalized spacial score (nSPS) is 19.1. The summed E-state index contributed by atoms with van der Waals surface area (Å²) in [4.78, 5) is 0. The highest BCUT2D eigenvalue weighted by molar-refractivity contribution is 5.29. The van der Waals surface area contributed by atoms with Gasteiger partial charge < -0.3 is 5.32 Å². The first kappa shape index (κ1) is 15.4. The standard InChI is InChI=1S/C17H25F2N/c1-13(2)20-12-17(9-5-3-4-6-10-17)15-8-7-14(18)11-16(15)19/h7-8,11,13,20H,3-6,9-10,12H2,1-2H3. The smallest absolute Gasteiger partial charge is 0.129 e. The maximum atomic E-state index is 14.3. The van der Waals surface area contributed by atoms with E-state index >= 15 is 0 Å². The van der Waals surface area contributed by atoms with Crippen molar-refractivity contribution in [3.8, 4) is 0 Å². The van der Waals surface area contributed by atoms with Gasteiger partial charge in [0, 0.05) is 24.1 Å². The first-order chi connectivity index (χ1) is 9.53. The summed E-state index contributed by atoms with van der Waals surface area (Å²) >= 11 is 0. The summed E-state index contributed by atoms with van der Waals surface area (Å²) in [7, 11) is 0. The summed E-state index contributed by atoms with van der Waals surface area (Å²) in [5, 5.41) is 3.46. The Morgan fingerprint density at radius 3 is 2.30 bits per heavy atom. The lowest BCUT2D eigenvalue weighted by atomic mass is 9.73. The largest absolute Gasteiger partial charge is 0.314 e. The lowest BCUT2D eigenvalue weighted by Gasteiger charge is -2.35. The Morgan fingerprint density at radius 1 is 1.10 bits per heavy atom. The first-order valence-electron chi connectivity index (χ1n) is 7.72. The van der Waals surface area contributed by atoms with E-state index < -0.39 is 11.6 Å².